The number of nitro groups is 1. The van der Waals surface area contributed by atoms with Crippen LogP contribution < -0.4 is 0 Å². The number of nitrogens with zero attached hydrogens (tertiary/aromatic N) is 2. The minimum absolute atomic E-state index is 0.0662. The van der Waals surface area contributed by atoms with Crippen LogP contribution in [-0.4, -0.2) is 46.5 Å². The van der Waals surface area contributed by atoms with Crippen LogP contribution in [0.25, 0.3) is 0 Å². The van der Waals surface area contributed by atoms with E-state index in [1.807, 2.05) is 0 Å². The van der Waals surface area contributed by atoms with Crippen LogP contribution in [0, 0.1) is 16.0 Å². The first-order valence-corrected chi connectivity index (χ1v) is 7.30. The number of benzene rings is 1. The van der Waals surface area contributed by atoms with Gasteiger partial charge in [-0.15, -0.1) is 0 Å². The van der Waals surface area contributed by atoms with Gasteiger partial charge in [0, 0.05) is 0 Å². The lowest BCUT2D eigenvalue weighted by Crippen LogP contribution is -2.40. The Morgan fingerprint density at radius 2 is 1.91 bits per heavy atom. The number of aliphatic carboxylic acids is 1. The van der Waals surface area contributed by atoms with Gasteiger partial charge in [0.05, 0.1) is 22.9 Å². The van der Waals surface area contributed by atoms with E-state index >= 15 is 0 Å². The Morgan fingerprint density at radius 1 is 1.30 bits per heavy atom. The Morgan fingerprint density at radius 3 is 2.43 bits per heavy atom. The highest BCUT2D eigenvalue weighted by Gasteiger charge is 2.33. The van der Waals surface area contributed by atoms with Crippen molar-refractivity contribution in [3.05, 3.63) is 46.0 Å². The Balaban J connectivity index is 1.93. The van der Waals surface area contributed by atoms with Crippen LogP contribution in [0.2, 0.25) is 0 Å². The number of hydrogen-bond acceptors (Lipinski definition) is 6. The number of likely N-dealkylation sites (tertiary alicyclic amines) is 1. The van der Waals surface area contributed by atoms with E-state index in [0.717, 1.165) is 0 Å². The van der Waals surface area contributed by atoms with Gasteiger partial charge in [-0.1, -0.05) is 18.2 Å². The molecule has 8 nitrogen and oxygen atoms in total. The summed E-state index contributed by atoms with van der Waals surface area (Å²) >= 11 is 0. The molecule has 0 amide bonds. The summed E-state index contributed by atoms with van der Waals surface area (Å²) in [7, 11) is 0. The average molecular weight is 322 g/mol. The molecule has 0 spiro atoms. The summed E-state index contributed by atoms with van der Waals surface area (Å²) in [5, 5.41) is 19.9. The fraction of sp³-hybridized carbons (Fsp3) is 0.467. The third kappa shape index (κ3) is 4.75. The highest BCUT2D eigenvalue weighted by atomic mass is 16.7. The molecule has 1 N–H and O–H groups in total. The Hall–Kier alpha value is -2.48. The molecule has 1 aliphatic heterocycles. The fourth-order valence-electron chi connectivity index (χ4n) is 2.57. The lowest BCUT2D eigenvalue weighted by Gasteiger charge is -2.29. The van der Waals surface area contributed by atoms with Crippen molar-refractivity contribution >= 4 is 11.9 Å². The molecular formula is C15H18N2O6. The number of carboxylic acid groups (broad SMARTS) is 1. The maximum atomic E-state index is 12.2. The summed E-state index contributed by atoms with van der Waals surface area (Å²) in [6, 6.07) is 8.08. The molecule has 1 aromatic carbocycles. The molecule has 0 aromatic heterocycles. The van der Waals surface area contributed by atoms with Gasteiger partial charge in [0.25, 0.3) is 0 Å². The van der Waals surface area contributed by atoms with Crippen molar-refractivity contribution in [1.29, 1.82) is 0 Å². The zero-order valence-corrected chi connectivity index (χ0v) is 12.5. The average Bonchev–Trinajstić information content (AvgIpc) is 2.53. The zero-order chi connectivity index (χ0) is 16.8. The number of carboxylic acids is 1. The first-order chi connectivity index (χ1) is 11.0. The molecule has 2 rings (SSSR count). The summed E-state index contributed by atoms with van der Waals surface area (Å²) in [5.74, 6) is -1.96. The molecule has 1 unspecified atom stereocenters. The Labute approximate surface area is 132 Å². The van der Waals surface area contributed by atoms with E-state index in [4.69, 9.17) is 9.84 Å². The lowest BCUT2D eigenvalue weighted by molar-refractivity contribution is -0.576. The van der Waals surface area contributed by atoms with Crippen molar-refractivity contribution in [2.24, 2.45) is 5.92 Å². The van der Waals surface area contributed by atoms with Crippen molar-refractivity contribution < 1.29 is 24.4 Å². The number of carbonyl (C=O) groups excluding carboxylic acids is 1. The van der Waals surface area contributed by atoms with Crippen LogP contribution in [-0.2, 0) is 14.3 Å². The number of rotatable bonds is 6. The van der Waals surface area contributed by atoms with Crippen molar-refractivity contribution in [3.8, 4) is 0 Å². The smallest absolute Gasteiger partial charge is 0.382 e. The van der Waals surface area contributed by atoms with E-state index in [2.05, 4.69) is 0 Å². The number of ether oxygens (including phenoxy) is 1. The van der Waals surface area contributed by atoms with Crippen LogP contribution in [0.5, 0.6) is 0 Å². The van der Waals surface area contributed by atoms with E-state index < -0.39 is 29.0 Å². The topological polar surface area (TPSA) is 110 Å². The highest BCUT2D eigenvalue weighted by molar-refractivity contribution is 5.73. The lowest BCUT2D eigenvalue weighted by atomic mass is 9.97. The normalized spacial score (nSPS) is 17.4. The fourth-order valence-corrected chi connectivity index (χ4v) is 2.57. The molecule has 1 fully saturated rings. The highest BCUT2D eigenvalue weighted by Crippen LogP contribution is 2.24. The van der Waals surface area contributed by atoms with E-state index in [1.165, 1.54) is 12.1 Å². The second-order valence-electron chi connectivity index (χ2n) is 5.43. The quantitative estimate of drug-likeness (QED) is 0.364. The van der Waals surface area contributed by atoms with Crippen LogP contribution in [0.15, 0.2) is 30.3 Å². The van der Waals surface area contributed by atoms with E-state index in [1.54, 1.807) is 23.1 Å². The maximum absolute atomic E-state index is 12.2. The first kappa shape index (κ1) is 16.9. The number of esters is 1. The standard InChI is InChI=1S/C15H18N2O6/c18-13(19)10-16-8-6-12(7-9-16)15(20)23-14(17(21)22)11-4-2-1-3-5-11/h1-5,12,14H,6-10H2,(H,18,19). The molecule has 1 aromatic rings. The van der Waals surface area contributed by atoms with Crippen LogP contribution in [0.4, 0.5) is 0 Å². The third-order valence-electron chi connectivity index (χ3n) is 3.78. The predicted molar refractivity (Wildman–Crippen MR) is 79.1 cm³/mol. The summed E-state index contributed by atoms with van der Waals surface area (Å²) in [6.45, 7) is 0.852. The maximum Gasteiger partial charge on any atom is 0.382 e. The van der Waals surface area contributed by atoms with E-state index in [0.29, 0.717) is 31.5 Å². The number of piperidine rings is 1. The zero-order valence-electron chi connectivity index (χ0n) is 12.5. The van der Waals surface area contributed by atoms with Gasteiger partial charge >= 0.3 is 18.2 Å². The molecule has 1 saturated heterocycles. The summed E-state index contributed by atoms with van der Waals surface area (Å²) in [6.07, 6.45) is -0.641. The van der Waals surface area contributed by atoms with Crippen LogP contribution in [0.3, 0.4) is 0 Å². The van der Waals surface area contributed by atoms with Crippen molar-refractivity contribution in [2.45, 2.75) is 19.1 Å². The molecule has 1 heterocycles. The molecule has 1 atom stereocenters. The minimum Gasteiger partial charge on any atom is -0.480 e. The molecular weight excluding hydrogens is 304 g/mol. The Bertz CT molecular complexity index is 569. The van der Waals surface area contributed by atoms with Gasteiger partial charge in [-0.2, -0.15) is 0 Å². The molecule has 0 bridgehead atoms. The van der Waals surface area contributed by atoms with Crippen molar-refractivity contribution in [3.63, 3.8) is 0 Å². The van der Waals surface area contributed by atoms with Gasteiger partial charge < -0.3 is 9.84 Å². The summed E-state index contributed by atoms with van der Waals surface area (Å²) in [4.78, 5) is 35.1. The van der Waals surface area contributed by atoms with Crippen molar-refractivity contribution in [2.75, 3.05) is 19.6 Å². The molecule has 0 aliphatic carbocycles. The number of hydrogen-bond donors (Lipinski definition) is 1. The molecule has 23 heavy (non-hydrogen) atoms. The number of carbonyl (C=O) groups is 2. The summed E-state index contributed by atoms with van der Waals surface area (Å²) in [5.41, 5.74) is 0.314. The largest absolute Gasteiger partial charge is 0.480 e. The van der Waals surface area contributed by atoms with Crippen molar-refractivity contribution in [1.82, 2.24) is 4.90 Å². The molecule has 0 saturated carbocycles. The third-order valence-corrected chi connectivity index (χ3v) is 3.78. The van der Waals surface area contributed by atoms with Crippen LogP contribution in [0.1, 0.15) is 24.6 Å². The monoisotopic (exact) mass is 322 g/mol. The van der Waals surface area contributed by atoms with Gasteiger partial charge in [0.2, 0.25) is 0 Å². The van der Waals surface area contributed by atoms with Gasteiger partial charge in [-0.05, 0) is 38.1 Å². The molecule has 0 radical (unpaired) electrons. The second kappa shape index (κ2) is 7.68. The first-order valence-electron chi connectivity index (χ1n) is 7.30. The molecule has 124 valence electrons. The second-order valence-corrected chi connectivity index (χ2v) is 5.43. The van der Waals surface area contributed by atoms with E-state index in [9.17, 15) is 19.7 Å². The predicted octanol–water partition coefficient (Wildman–Crippen LogP) is 1.30. The van der Waals surface area contributed by atoms with Gasteiger partial charge in [-0.25, -0.2) is 0 Å². The van der Waals surface area contributed by atoms with Gasteiger partial charge in [0.1, 0.15) is 0 Å². The van der Waals surface area contributed by atoms with Crippen LogP contribution >= 0.6 is 0 Å². The minimum atomic E-state index is -1.51. The SMILES string of the molecule is O=C(O)CN1CCC(C(=O)OC(c2ccccc2)[N+](=O)[O-])CC1. The Kier molecular flexibility index (Phi) is 5.64. The van der Waals surface area contributed by atoms with Gasteiger partial charge in [-0.3, -0.25) is 24.6 Å². The van der Waals surface area contributed by atoms with Gasteiger partial charge in [0.15, 0.2) is 0 Å². The molecule has 8 heteroatoms. The van der Waals surface area contributed by atoms with E-state index in [-0.39, 0.29) is 6.54 Å². The summed E-state index contributed by atoms with van der Waals surface area (Å²) < 4.78 is 5.08. The molecule has 1 aliphatic rings.